The Balaban J connectivity index is 1.51. The monoisotopic (exact) mass is 331 g/mol. The van der Waals surface area contributed by atoms with Crippen LogP contribution in [0.4, 0.5) is 0 Å². The minimum Gasteiger partial charge on any atom is -0.332 e. The third-order valence-corrected chi connectivity index (χ3v) is 4.77. The van der Waals surface area contributed by atoms with Crippen molar-refractivity contribution in [3.63, 3.8) is 0 Å². The van der Waals surface area contributed by atoms with Crippen LogP contribution in [-0.4, -0.2) is 56.7 Å². The molecule has 3 aromatic rings. The van der Waals surface area contributed by atoms with Crippen molar-refractivity contribution in [2.24, 2.45) is 0 Å². The van der Waals surface area contributed by atoms with E-state index in [4.69, 9.17) is 4.52 Å². The van der Waals surface area contributed by atoms with Gasteiger partial charge in [0.15, 0.2) is 11.5 Å². The van der Waals surface area contributed by atoms with E-state index in [0.29, 0.717) is 24.0 Å². The van der Waals surface area contributed by atoms with Gasteiger partial charge in [-0.15, -0.1) is 16.4 Å². The molecule has 1 unspecified atom stereocenters. The standard InChI is InChI=1S/C14H17N7OS/c1-20-5-4-15-7-12(20)13-16-14(22-18-13)11-9-21(19-17-11)8-10-3-2-6-23-10/h2-3,6,9,12,15H,4-5,7-8H2,1H3. The van der Waals surface area contributed by atoms with Gasteiger partial charge in [0.1, 0.15) is 0 Å². The van der Waals surface area contributed by atoms with Gasteiger partial charge in [-0.25, -0.2) is 4.68 Å². The molecule has 0 aromatic carbocycles. The highest BCUT2D eigenvalue weighted by atomic mass is 32.1. The SMILES string of the molecule is CN1CCNCC1c1noc(-c2cn(Cc3cccs3)nn2)n1. The van der Waals surface area contributed by atoms with E-state index in [2.05, 4.69) is 43.8 Å². The minimum absolute atomic E-state index is 0.127. The molecule has 4 heterocycles. The highest BCUT2D eigenvalue weighted by Crippen LogP contribution is 2.21. The largest absolute Gasteiger partial charge is 0.332 e. The summed E-state index contributed by atoms with van der Waals surface area (Å²) >= 11 is 1.69. The fourth-order valence-electron chi connectivity index (χ4n) is 2.60. The third kappa shape index (κ3) is 3.03. The van der Waals surface area contributed by atoms with Crippen LogP contribution in [0.5, 0.6) is 0 Å². The number of thiophene rings is 1. The first-order valence-electron chi connectivity index (χ1n) is 7.47. The molecule has 0 bridgehead atoms. The summed E-state index contributed by atoms with van der Waals surface area (Å²) in [5, 5.41) is 17.8. The summed E-state index contributed by atoms with van der Waals surface area (Å²) in [6, 6.07) is 4.22. The van der Waals surface area contributed by atoms with Crippen molar-refractivity contribution >= 4 is 11.3 Å². The van der Waals surface area contributed by atoms with E-state index in [1.807, 2.05) is 17.6 Å². The van der Waals surface area contributed by atoms with Gasteiger partial charge in [0, 0.05) is 24.5 Å². The zero-order valence-corrected chi connectivity index (χ0v) is 13.5. The van der Waals surface area contributed by atoms with E-state index in [1.54, 1.807) is 16.0 Å². The first-order valence-corrected chi connectivity index (χ1v) is 8.35. The Hall–Kier alpha value is -2.10. The number of piperazine rings is 1. The Bertz CT molecular complexity index is 766. The molecular formula is C14H17N7OS. The summed E-state index contributed by atoms with van der Waals surface area (Å²) in [4.78, 5) is 7.94. The average molecular weight is 331 g/mol. The molecule has 0 aliphatic carbocycles. The predicted octanol–water partition coefficient (Wildman–Crippen LogP) is 1.01. The number of rotatable bonds is 4. The number of aromatic nitrogens is 5. The Morgan fingerprint density at radius 2 is 2.43 bits per heavy atom. The molecule has 0 radical (unpaired) electrons. The highest BCUT2D eigenvalue weighted by Gasteiger charge is 2.26. The van der Waals surface area contributed by atoms with Crippen molar-refractivity contribution in [2.45, 2.75) is 12.6 Å². The fourth-order valence-corrected chi connectivity index (χ4v) is 3.30. The van der Waals surface area contributed by atoms with Gasteiger partial charge in [0.05, 0.1) is 18.8 Å². The Morgan fingerprint density at radius 1 is 1.48 bits per heavy atom. The van der Waals surface area contributed by atoms with E-state index in [9.17, 15) is 0 Å². The van der Waals surface area contributed by atoms with Crippen molar-refractivity contribution in [1.82, 2.24) is 35.4 Å². The lowest BCUT2D eigenvalue weighted by molar-refractivity contribution is 0.190. The second kappa shape index (κ2) is 6.19. The molecule has 1 atom stereocenters. The molecule has 4 rings (SSSR count). The maximum Gasteiger partial charge on any atom is 0.280 e. The van der Waals surface area contributed by atoms with Crippen molar-refractivity contribution in [3.05, 3.63) is 34.4 Å². The van der Waals surface area contributed by atoms with Crippen LogP contribution in [0.3, 0.4) is 0 Å². The van der Waals surface area contributed by atoms with Crippen molar-refractivity contribution < 1.29 is 4.52 Å². The molecule has 1 fully saturated rings. The maximum atomic E-state index is 5.37. The first-order chi connectivity index (χ1) is 11.3. The molecule has 9 heteroatoms. The molecule has 23 heavy (non-hydrogen) atoms. The van der Waals surface area contributed by atoms with E-state index >= 15 is 0 Å². The van der Waals surface area contributed by atoms with Gasteiger partial charge < -0.3 is 9.84 Å². The van der Waals surface area contributed by atoms with Crippen molar-refractivity contribution in [2.75, 3.05) is 26.7 Å². The molecule has 1 aliphatic heterocycles. The summed E-state index contributed by atoms with van der Waals surface area (Å²) in [5.41, 5.74) is 0.603. The van der Waals surface area contributed by atoms with E-state index < -0.39 is 0 Å². The summed E-state index contributed by atoms with van der Waals surface area (Å²) in [5.74, 6) is 1.10. The van der Waals surface area contributed by atoms with Crippen LogP contribution in [0, 0.1) is 0 Å². The van der Waals surface area contributed by atoms with Crippen LogP contribution in [0.15, 0.2) is 28.2 Å². The Kier molecular flexibility index (Phi) is 3.90. The number of hydrogen-bond acceptors (Lipinski definition) is 8. The summed E-state index contributed by atoms with van der Waals surface area (Å²) in [6.07, 6.45) is 1.83. The molecule has 1 saturated heterocycles. The van der Waals surface area contributed by atoms with E-state index in [-0.39, 0.29) is 6.04 Å². The molecule has 0 saturated carbocycles. The number of nitrogens with zero attached hydrogens (tertiary/aromatic N) is 6. The van der Waals surface area contributed by atoms with Gasteiger partial charge in [0.2, 0.25) is 0 Å². The molecule has 0 spiro atoms. The number of hydrogen-bond donors (Lipinski definition) is 1. The molecule has 0 amide bonds. The second-order valence-corrected chi connectivity index (χ2v) is 6.57. The molecule has 1 N–H and O–H groups in total. The summed E-state index contributed by atoms with van der Waals surface area (Å²) in [6.45, 7) is 3.46. The second-order valence-electron chi connectivity index (χ2n) is 5.54. The third-order valence-electron chi connectivity index (χ3n) is 3.91. The van der Waals surface area contributed by atoms with Gasteiger partial charge in [-0.2, -0.15) is 4.98 Å². The summed E-state index contributed by atoms with van der Waals surface area (Å²) < 4.78 is 7.15. The molecular weight excluding hydrogens is 314 g/mol. The summed E-state index contributed by atoms with van der Waals surface area (Å²) in [7, 11) is 2.07. The van der Waals surface area contributed by atoms with Crippen molar-refractivity contribution in [3.8, 4) is 11.6 Å². The lowest BCUT2D eigenvalue weighted by atomic mass is 10.2. The van der Waals surface area contributed by atoms with Crippen LogP contribution in [0.1, 0.15) is 16.7 Å². The van der Waals surface area contributed by atoms with Crippen molar-refractivity contribution in [1.29, 1.82) is 0 Å². The predicted molar refractivity (Wildman–Crippen MR) is 85.0 cm³/mol. The Labute approximate surface area is 137 Å². The van der Waals surface area contributed by atoms with Gasteiger partial charge >= 0.3 is 0 Å². The lowest BCUT2D eigenvalue weighted by Crippen LogP contribution is -2.44. The van der Waals surface area contributed by atoms with E-state index in [0.717, 1.165) is 19.6 Å². The maximum absolute atomic E-state index is 5.37. The van der Waals surface area contributed by atoms with Crippen LogP contribution in [0.2, 0.25) is 0 Å². The quantitative estimate of drug-likeness (QED) is 0.764. The highest BCUT2D eigenvalue weighted by molar-refractivity contribution is 7.09. The smallest absolute Gasteiger partial charge is 0.280 e. The zero-order chi connectivity index (χ0) is 15.6. The van der Waals surface area contributed by atoms with Crippen LogP contribution < -0.4 is 5.32 Å². The minimum atomic E-state index is 0.127. The topological polar surface area (TPSA) is 84.9 Å². The van der Waals surface area contributed by atoms with Crippen LogP contribution >= 0.6 is 11.3 Å². The number of likely N-dealkylation sites (N-methyl/N-ethyl adjacent to an activating group) is 1. The van der Waals surface area contributed by atoms with Crippen LogP contribution in [0.25, 0.3) is 11.6 Å². The Morgan fingerprint density at radius 3 is 3.26 bits per heavy atom. The lowest BCUT2D eigenvalue weighted by Gasteiger charge is -2.30. The van der Waals surface area contributed by atoms with Crippen LogP contribution in [-0.2, 0) is 6.54 Å². The molecule has 1 aliphatic rings. The van der Waals surface area contributed by atoms with Gasteiger partial charge in [-0.1, -0.05) is 16.4 Å². The molecule has 8 nitrogen and oxygen atoms in total. The van der Waals surface area contributed by atoms with Gasteiger partial charge in [-0.05, 0) is 18.5 Å². The number of nitrogens with one attached hydrogen (secondary N) is 1. The van der Waals surface area contributed by atoms with E-state index in [1.165, 1.54) is 4.88 Å². The van der Waals surface area contributed by atoms with Gasteiger partial charge in [-0.3, -0.25) is 4.90 Å². The average Bonchev–Trinajstić information content (AvgIpc) is 3.29. The fraction of sp³-hybridized carbons (Fsp3) is 0.429. The molecule has 120 valence electrons. The van der Waals surface area contributed by atoms with Gasteiger partial charge in [0.25, 0.3) is 5.89 Å². The molecule has 3 aromatic heterocycles. The zero-order valence-electron chi connectivity index (χ0n) is 12.7. The normalized spacial score (nSPS) is 19.3. The first kappa shape index (κ1) is 14.5.